The molecule has 4 aliphatic rings. The standard InChI is InChI=1S/C18H23NO2/c1-21-18(20)15-4-2-3-5-16(15)19-17-13-7-11-6-12(9-13)10-14(17)8-11/h2-5,11-14,17,19H,6-10H2,1H3. The highest BCUT2D eigenvalue weighted by molar-refractivity contribution is 5.95. The molecule has 3 nitrogen and oxygen atoms in total. The van der Waals surface area contributed by atoms with Crippen LogP contribution < -0.4 is 5.32 Å². The lowest BCUT2D eigenvalue weighted by atomic mass is 9.54. The summed E-state index contributed by atoms with van der Waals surface area (Å²) in [5, 5.41) is 3.71. The SMILES string of the molecule is COC(=O)c1ccccc1NC1C2CC3CC(C2)CC1C3. The van der Waals surface area contributed by atoms with Gasteiger partial charge in [-0.15, -0.1) is 0 Å². The van der Waals surface area contributed by atoms with Crippen molar-refractivity contribution in [1.29, 1.82) is 0 Å². The van der Waals surface area contributed by atoms with Crippen molar-refractivity contribution in [2.75, 3.05) is 12.4 Å². The van der Waals surface area contributed by atoms with Gasteiger partial charge in [0.05, 0.1) is 12.7 Å². The molecule has 1 aromatic rings. The van der Waals surface area contributed by atoms with Gasteiger partial charge in [-0.3, -0.25) is 0 Å². The Morgan fingerprint density at radius 1 is 1.05 bits per heavy atom. The molecule has 4 aliphatic carbocycles. The van der Waals surface area contributed by atoms with Crippen LogP contribution in [0.5, 0.6) is 0 Å². The quantitative estimate of drug-likeness (QED) is 0.860. The molecule has 0 saturated heterocycles. The molecular weight excluding hydrogens is 262 g/mol. The van der Waals surface area contributed by atoms with Crippen molar-refractivity contribution in [3.05, 3.63) is 29.8 Å². The highest BCUT2D eigenvalue weighted by atomic mass is 16.5. The van der Waals surface area contributed by atoms with E-state index in [9.17, 15) is 4.79 Å². The van der Waals surface area contributed by atoms with Crippen molar-refractivity contribution in [2.45, 2.75) is 38.1 Å². The fourth-order valence-electron chi connectivity index (χ4n) is 5.24. The topological polar surface area (TPSA) is 38.3 Å². The number of hydrogen-bond donors (Lipinski definition) is 1. The van der Waals surface area contributed by atoms with Crippen LogP contribution in [0.25, 0.3) is 0 Å². The molecule has 5 rings (SSSR count). The largest absolute Gasteiger partial charge is 0.465 e. The third kappa shape index (κ3) is 2.23. The van der Waals surface area contributed by atoms with E-state index in [1.807, 2.05) is 24.3 Å². The number of para-hydroxylation sites is 1. The van der Waals surface area contributed by atoms with E-state index in [0.29, 0.717) is 11.6 Å². The number of ether oxygens (including phenoxy) is 1. The Kier molecular flexibility index (Phi) is 3.16. The molecule has 4 saturated carbocycles. The van der Waals surface area contributed by atoms with Crippen LogP contribution in [0.1, 0.15) is 42.5 Å². The zero-order valence-corrected chi connectivity index (χ0v) is 12.5. The normalized spacial score (nSPS) is 36.5. The highest BCUT2D eigenvalue weighted by Crippen LogP contribution is 2.54. The van der Waals surface area contributed by atoms with Gasteiger partial charge in [0.25, 0.3) is 0 Å². The van der Waals surface area contributed by atoms with E-state index in [1.165, 1.54) is 39.2 Å². The van der Waals surface area contributed by atoms with Gasteiger partial charge in [0.2, 0.25) is 0 Å². The Hall–Kier alpha value is -1.51. The maximum absolute atomic E-state index is 11.9. The van der Waals surface area contributed by atoms with E-state index in [4.69, 9.17) is 4.74 Å². The first-order valence-corrected chi connectivity index (χ1v) is 8.18. The molecule has 112 valence electrons. The maximum atomic E-state index is 11.9. The molecule has 0 unspecified atom stereocenters. The average molecular weight is 285 g/mol. The second-order valence-corrected chi connectivity index (χ2v) is 7.14. The van der Waals surface area contributed by atoms with E-state index in [2.05, 4.69) is 5.32 Å². The Morgan fingerprint density at radius 3 is 2.29 bits per heavy atom. The number of methoxy groups -OCH3 is 1. The zero-order valence-electron chi connectivity index (χ0n) is 12.5. The second-order valence-electron chi connectivity index (χ2n) is 7.14. The second kappa shape index (κ2) is 5.04. The molecule has 4 bridgehead atoms. The van der Waals surface area contributed by atoms with E-state index < -0.39 is 0 Å². The number of anilines is 1. The molecule has 0 amide bonds. The van der Waals surface area contributed by atoms with Crippen LogP contribution in [0.3, 0.4) is 0 Å². The summed E-state index contributed by atoms with van der Waals surface area (Å²) in [5.41, 5.74) is 1.61. The molecule has 1 aromatic carbocycles. The minimum absolute atomic E-state index is 0.248. The van der Waals surface area contributed by atoms with Crippen LogP contribution in [-0.4, -0.2) is 19.1 Å². The van der Waals surface area contributed by atoms with Crippen LogP contribution >= 0.6 is 0 Å². The van der Waals surface area contributed by atoms with Crippen molar-refractivity contribution in [1.82, 2.24) is 0 Å². The predicted molar refractivity (Wildman–Crippen MR) is 82.2 cm³/mol. The van der Waals surface area contributed by atoms with Crippen molar-refractivity contribution >= 4 is 11.7 Å². The van der Waals surface area contributed by atoms with Crippen LogP contribution in [0, 0.1) is 23.7 Å². The third-order valence-electron chi connectivity index (χ3n) is 5.88. The van der Waals surface area contributed by atoms with Gasteiger partial charge >= 0.3 is 5.97 Å². The van der Waals surface area contributed by atoms with Gasteiger partial charge in [0.15, 0.2) is 0 Å². The Bertz CT molecular complexity index is 526. The fraction of sp³-hybridized carbons (Fsp3) is 0.611. The Labute approximate surface area is 126 Å². The van der Waals surface area contributed by atoms with Gasteiger partial charge in [-0.25, -0.2) is 4.79 Å². The first kappa shape index (κ1) is 13.2. The maximum Gasteiger partial charge on any atom is 0.339 e. The van der Waals surface area contributed by atoms with E-state index >= 15 is 0 Å². The molecule has 0 spiro atoms. The number of carbonyl (C=O) groups excluding carboxylic acids is 1. The molecule has 0 radical (unpaired) electrons. The summed E-state index contributed by atoms with van der Waals surface area (Å²) >= 11 is 0. The van der Waals surface area contributed by atoms with Gasteiger partial charge in [-0.1, -0.05) is 12.1 Å². The van der Waals surface area contributed by atoms with Gasteiger partial charge in [0, 0.05) is 11.7 Å². The van der Waals surface area contributed by atoms with Crippen LogP contribution in [0.2, 0.25) is 0 Å². The molecule has 3 heteroatoms. The predicted octanol–water partition coefficient (Wildman–Crippen LogP) is 3.71. The zero-order chi connectivity index (χ0) is 14.4. The lowest BCUT2D eigenvalue weighted by molar-refractivity contribution is 0.00748. The summed E-state index contributed by atoms with van der Waals surface area (Å²) in [4.78, 5) is 11.9. The first-order chi connectivity index (χ1) is 10.2. The van der Waals surface area contributed by atoms with E-state index in [-0.39, 0.29) is 5.97 Å². The van der Waals surface area contributed by atoms with Crippen LogP contribution in [-0.2, 0) is 4.74 Å². The lowest BCUT2D eigenvalue weighted by Gasteiger charge is -2.54. The summed E-state index contributed by atoms with van der Waals surface area (Å²) in [6.07, 6.45) is 6.99. The molecule has 0 aromatic heterocycles. The van der Waals surface area contributed by atoms with Crippen LogP contribution in [0.15, 0.2) is 24.3 Å². The van der Waals surface area contributed by atoms with Gasteiger partial charge in [-0.2, -0.15) is 0 Å². The van der Waals surface area contributed by atoms with Gasteiger partial charge < -0.3 is 10.1 Å². The van der Waals surface area contributed by atoms with Crippen molar-refractivity contribution in [3.63, 3.8) is 0 Å². The molecule has 0 heterocycles. The monoisotopic (exact) mass is 285 g/mol. The summed E-state index contributed by atoms with van der Waals surface area (Å²) in [6, 6.07) is 8.30. The molecule has 0 aliphatic heterocycles. The Morgan fingerprint density at radius 2 is 1.67 bits per heavy atom. The fourth-order valence-corrected chi connectivity index (χ4v) is 5.24. The lowest BCUT2D eigenvalue weighted by Crippen LogP contribution is -2.51. The van der Waals surface area contributed by atoms with E-state index in [0.717, 1.165) is 29.4 Å². The molecule has 1 N–H and O–H groups in total. The average Bonchev–Trinajstić information content (AvgIpc) is 2.50. The van der Waals surface area contributed by atoms with Crippen LogP contribution in [0.4, 0.5) is 5.69 Å². The van der Waals surface area contributed by atoms with Crippen molar-refractivity contribution in [3.8, 4) is 0 Å². The summed E-state index contributed by atoms with van der Waals surface area (Å²) in [7, 11) is 1.45. The number of benzene rings is 1. The first-order valence-electron chi connectivity index (χ1n) is 8.18. The number of nitrogens with one attached hydrogen (secondary N) is 1. The third-order valence-corrected chi connectivity index (χ3v) is 5.88. The number of rotatable bonds is 3. The van der Waals surface area contributed by atoms with Gasteiger partial charge in [0.1, 0.15) is 0 Å². The van der Waals surface area contributed by atoms with Crippen molar-refractivity contribution < 1.29 is 9.53 Å². The van der Waals surface area contributed by atoms with Crippen molar-refractivity contribution in [2.24, 2.45) is 23.7 Å². The number of hydrogen-bond acceptors (Lipinski definition) is 3. The minimum Gasteiger partial charge on any atom is -0.465 e. The number of carbonyl (C=O) groups is 1. The van der Waals surface area contributed by atoms with Gasteiger partial charge in [-0.05, 0) is 67.9 Å². The Balaban J connectivity index is 1.58. The molecular formula is C18H23NO2. The molecule has 0 atom stereocenters. The van der Waals surface area contributed by atoms with E-state index in [1.54, 1.807) is 0 Å². The smallest absolute Gasteiger partial charge is 0.339 e. The minimum atomic E-state index is -0.248. The summed E-state index contributed by atoms with van der Waals surface area (Å²) < 4.78 is 4.91. The number of esters is 1. The molecule has 4 fully saturated rings. The highest BCUT2D eigenvalue weighted by Gasteiger charge is 2.48. The summed E-state index contributed by atoms with van der Waals surface area (Å²) in [5.74, 6) is 3.30. The molecule has 21 heavy (non-hydrogen) atoms. The summed E-state index contributed by atoms with van der Waals surface area (Å²) in [6.45, 7) is 0.